The summed E-state index contributed by atoms with van der Waals surface area (Å²) in [7, 11) is 4.30. The van der Waals surface area contributed by atoms with Gasteiger partial charge in [-0.3, -0.25) is 0 Å². The summed E-state index contributed by atoms with van der Waals surface area (Å²) in [5.41, 5.74) is 0. The molecule has 0 spiro atoms. The molecule has 17 heavy (non-hydrogen) atoms. The normalized spacial score (nSPS) is 13.9. The van der Waals surface area contributed by atoms with Crippen LogP contribution in [0.3, 0.4) is 0 Å². The van der Waals surface area contributed by atoms with Gasteiger partial charge in [0, 0.05) is 32.2 Å². The molecule has 0 amide bonds. The van der Waals surface area contributed by atoms with Crippen LogP contribution in [0.4, 0.5) is 0 Å². The SMILES string of the molecule is CCNC(CC)CN(CCN(C)C)CC(C)C. The van der Waals surface area contributed by atoms with Gasteiger partial charge in [0.15, 0.2) is 0 Å². The Hall–Kier alpha value is -0.120. The zero-order chi connectivity index (χ0) is 13.3. The number of hydrogen-bond acceptors (Lipinski definition) is 3. The highest BCUT2D eigenvalue weighted by molar-refractivity contribution is 4.72. The van der Waals surface area contributed by atoms with Crippen molar-refractivity contribution in [1.82, 2.24) is 15.1 Å². The highest BCUT2D eigenvalue weighted by Gasteiger charge is 2.13. The molecule has 3 nitrogen and oxygen atoms in total. The maximum absolute atomic E-state index is 3.57. The minimum Gasteiger partial charge on any atom is -0.313 e. The first-order valence-corrected chi connectivity index (χ1v) is 7.10. The van der Waals surface area contributed by atoms with Gasteiger partial charge in [-0.1, -0.05) is 27.7 Å². The highest BCUT2D eigenvalue weighted by atomic mass is 15.2. The van der Waals surface area contributed by atoms with Gasteiger partial charge in [-0.05, 0) is 33.0 Å². The Labute approximate surface area is 109 Å². The van der Waals surface area contributed by atoms with E-state index in [1.165, 1.54) is 26.1 Å². The fraction of sp³-hybridized carbons (Fsp3) is 1.00. The first kappa shape index (κ1) is 16.9. The molecule has 0 aliphatic carbocycles. The Bertz CT molecular complexity index is 169. The molecule has 0 heterocycles. The van der Waals surface area contributed by atoms with Crippen molar-refractivity contribution in [2.75, 3.05) is 46.8 Å². The maximum atomic E-state index is 3.57. The Balaban J connectivity index is 4.14. The molecule has 0 aromatic rings. The molecule has 0 aromatic carbocycles. The van der Waals surface area contributed by atoms with Crippen molar-refractivity contribution in [3.8, 4) is 0 Å². The number of hydrogen-bond donors (Lipinski definition) is 1. The molecule has 1 atom stereocenters. The first-order chi connectivity index (χ1) is 7.99. The molecule has 0 saturated heterocycles. The summed E-state index contributed by atoms with van der Waals surface area (Å²) in [6, 6.07) is 0.640. The van der Waals surface area contributed by atoms with Crippen LogP contribution in [0.5, 0.6) is 0 Å². The third-order valence-electron chi connectivity index (χ3n) is 2.95. The van der Waals surface area contributed by atoms with Crippen LogP contribution >= 0.6 is 0 Å². The molecule has 0 aliphatic heterocycles. The van der Waals surface area contributed by atoms with Crippen LogP contribution in [-0.2, 0) is 0 Å². The van der Waals surface area contributed by atoms with Crippen molar-refractivity contribution < 1.29 is 0 Å². The van der Waals surface area contributed by atoms with Crippen LogP contribution in [0, 0.1) is 5.92 Å². The van der Waals surface area contributed by atoms with Crippen molar-refractivity contribution in [2.45, 2.75) is 40.2 Å². The summed E-state index contributed by atoms with van der Waals surface area (Å²) in [6.07, 6.45) is 1.21. The second kappa shape index (κ2) is 9.86. The predicted molar refractivity (Wildman–Crippen MR) is 77.6 cm³/mol. The molecule has 1 N–H and O–H groups in total. The van der Waals surface area contributed by atoms with Crippen LogP contribution in [0.15, 0.2) is 0 Å². The van der Waals surface area contributed by atoms with E-state index in [1.807, 2.05) is 0 Å². The average molecular weight is 243 g/mol. The molecule has 0 aliphatic rings. The number of nitrogens with zero attached hydrogens (tertiary/aromatic N) is 2. The van der Waals surface area contributed by atoms with Gasteiger partial charge in [-0.2, -0.15) is 0 Å². The molecule has 1 unspecified atom stereocenters. The fourth-order valence-corrected chi connectivity index (χ4v) is 2.05. The monoisotopic (exact) mass is 243 g/mol. The maximum Gasteiger partial charge on any atom is 0.0192 e. The van der Waals surface area contributed by atoms with Gasteiger partial charge in [0.25, 0.3) is 0 Å². The topological polar surface area (TPSA) is 18.5 Å². The van der Waals surface area contributed by atoms with Crippen molar-refractivity contribution in [1.29, 1.82) is 0 Å². The van der Waals surface area contributed by atoms with E-state index in [4.69, 9.17) is 0 Å². The zero-order valence-corrected chi connectivity index (χ0v) is 12.8. The van der Waals surface area contributed by atoms with E-state index >= 15 is 0 Å². The van der Waals surface area contributed by atoms with E-state index in [2.05, 4.69) is 56.9 Å². The molecule has 0 aromatic heterocycles. The average Bonchev–Trinajstić information content (AvgIpc) is 2.24. The Kier molecular flexibility index (Phi) is 9.79. The van der Waals surface area contributed by atoms with E-state index in [1.54, 1.807) is 0 Å². The zero-order valence-electron chi connectivity index (χ0n) is 12.8. The fourth-order valence-electron chi connectivity index (χ4n) is 2.05. The summed E-state index contributed by atoms with van der Waals surface area (Å²) < 4.78 is 0. The van der Waals surface area contributed by atoms with Gasteiger partial charge >= 0.3 is 0 Å². The smallest absolute Gasteiger partial charge is 0.0192 e. The van der Waals surface area contributed by atoms with Gasteiger partial charge in [0.2, 0.25) is 0 Å². The van der Waals surface area contributed by atoms with E-state index < -0.39 is 0 Å². The second-order valence-corrected chi connectivity index (χ2v) is 5.62. The Morgan fingerprint density at radius 2 is 1.65 bits per heavy atom. The largest absolute Gasteiger partial charge is 0.313 e. The van der Waals surface area contributed by atoms with Crippen molar-refractivity contribution in [3.63, 3.8) is 0 Å². The van der Waals surface area contributed by atoms with Crippen LogP contribution in [0.1, 0.15) is 34.1 Å². The van der Waals surface area contributed by atoms with Crippen molar-refractivity contribution in [2.24, 2.45) is 5.92 Å². The second-order valence-electron chi connectivity index (χ2n) is 5.62. The summed E-state index contributed by atoms with van der Waals surface area (Å²) in [5, 5.41) is 3.57. The van der Waals surface area contributed by atoms with Crippen molar-refractivity contribution >= 4 is 0 Å². The summed E-state index contributed by atoms with van der Waals surface area (Å²) in [4.78, 5) is 4.86. The van der Waals surface area contributed by atoms with Gasteiger partial charge in [-0.25, -0.2) is 0 Å². The van der Waals surface area contributed by atoms with E-state index in [9.17, 15) is 0 Å². The number of rotatable bonds is 10. The Morgan fingerprint density at radius 3 is 2.06 bits per heavy atom. The third-order valence-corrected chi connectivity index (χ3v) is 2.95. The van der Waals surface area contributed by atoms with E-state index in [0.717, 1.165) is 19.0 Å². The van der Waals surface area contributed by atoms with Crippen molar-refractivity contribution in [3.05, 3.63) is 0 Å². The lowest BCUT2D eigenvalue weighted by Gasteiger charge is -2.29. The molecule has 0 saturated carbocycles. The summed E-state index contributed by atoms with van der Waals surface area (Å²) >= 11 is 0. The number of likely N-dealkylation sites (N-methyl/N-ethyl adjacent to an activating group) is 2. The third kappa shape index (κ3) is 9.57. The molecule has 3 heteroatoms. The first-order valence-electron chi connectivity index (χ1n) is 7.10. The van der Waals surface area contributed by atoms with Gasteiger partial charge in [0.05, 0.1) is 0 Å². The van der Waals surface area contributed by atoms with Gasteiger partial charge in [0.1, 0.15) is 0 Å². The molecule has 0 radical (unpaired) electrons. The quantitative estimate of drug-likeness (QED) is 0.632. The summed E-state index contributed by atoms with van der Waals surface area (Å²) in [6.45, 7) is 14.8. The minimum atomic E-state index is 0.640. The van der Waals surface area contributed by atoms with Crippen LogP contribution < -0.4 is 5.32 Å². The molecule has 0 fully saturated rings. The lowest BCUT2D eigenvalue weighted by atomic mass is 10.1. The lowest BCUT2D eigenvalue weighted by Crippen LogP contribution is -2.44. The lowest BCUT2D eigenvalue weighted by molar-refractivity contribution is 0.197. The molecular weight excluding hydrogens is 210 g/mol. The van der Waals surface area contributed by atoms with Gasteiger partial charge in [-0.15, -0.1) is 0 Å². The van der Waals surface area contributed by atoms with Crippen LogP contribution in [0.25, 0.3) is 0 Å². The minimum absolute atomic E-state index is 0.640. The predicted octanol–water partition coefficient (Wildman–Crippen LogP) is 1.89. The number of nitrogens with one attached hydrogen (secondary N) is 1. The van der Waals surface area contributed by atoms with Crippen LogP contribution in [-0.4, -0.2) is 62.7 Å². The highest BCUT2D eigenvalue weighted by Crippen LogP contribution is 2.02. The molecular formula is C14H33N3. The summed E-state index contributed by atoms with van der Waals surface area (Å²) in [5.74, 6) is 0.747. The van der Waals surface area contributed by atoms with E-state index in [-0.39, 0.29) is 0 Å². The molecule has 104 valence electrons. The van der Waals surface area contributed by atoms with E-state index in [0.29, 0.717) is 6.04 Å². The molecule has 0 rings (SSSR count). The molecule has 0 bridgehead atoms. The van der Waals surface area contributed by atoms with Crippen LogP contribution in [0.2, 0.25) is 0 Å². The Morgan fingerprint density at radius 1 is 1.00 bits per heavy atom. The standard InChI is InChI=1S/C14H33N3/c1-7-14(15-8-2)12-17(11-13(3)4)10-9-16(5)6/h13-15H,7-12H2,1-6H3. The van der Waals surface area contributed by atoms with Gasteiger partial charge < -0.3 is 15.1 Å².